The van der Waals surface area contributed by atoms with Crippen molar-refractivity contribution < 1.29 is 18.6 Å². The topological polar surface area (TPSA) is 149 Å². The van der Waals surface area contributed by atoms with E-state index in [1.54, 1.807) is 30.3 Å². The largest absolute Gasteiger partial charge is 0.397 e. The number of benzene rings is 2. The summed E-state index contributed by atoms with van der Waals surface area (Å²) in [5.74, 6) is -0.601. The van der Waals surface area contributed by atoms with Gasteiger partial charge in [0.1, 0.15) is 0 Å². The molecule has 0 aliphatic heterocycles. The molecule has 0 unspecified atom stereocenters. The molecule has 4 rings (SSSR count). The minimum atomic E-state index is -0.429. The molecule has 2 aromatic heterocycles. The van der Waals surface area contributed by atoms with Crippen molar-refractivity contribution in [2.75, 3.05) is 16.4 Å². The molecule has 0 fully saturated rings. The van der Waals surface area contributed by atoms with Crippen molar-refractivity contribution in [2.24, 2.45) is 4.99 Å². The Morgan fingerprint density at radius 2 is 1.41 bits per heavy atom. The first-order chi connectivity index (χ1) is 15.5. The van der Waals surface area contributed by atoms with E-state index in [-0.39, 0.29) is 11.5 Å². The third-order valence-electron chi connectivity index (χ3n) is 4.46. The molecule has 4 N–H and O–H groups in total. The maximum atomic E-state index is 12.1. The molecule has 0 aliphatic rings. The lowest BCUT2D eigenvalue weighted by molar-refractivity contribution is 0.0980. The molecular formula is C22H18N6O4. The summed E-state index contributed by atoms with van der Waals surface area (Å²) in [4.78, 5) is 28.8. The molecule has 160 valence electrons. The van der Waals surface area contributed by atoms with Crippen molar-refractivity contribution in [1.82, 2.24) is 10.3 Å². The molecule has 2 heterocycles. The molecule has 2 aromatic carbocycles. The average Bonchev–Trinajstić information content (AvgIpc) is 3.51. The molecule has 0 atom stereocenters. The van der Waals surface area contributed by atoms with Crippen LogP contribution in [0.2, 0.25) is 0 Å². The average molecular weight is 430 g/mol. The van der Waals surface area contributed by atoms with Gasteiger partial charge in [-0.2, -0.15) is 0 Å². The number of anilines is 3. The zero-order valence-corrected chi connectivity index (χ0v) is 16.9. The van der Waals surface area contributed by atoms with Gasteiger partial charge in [0.15, 0.2) is 0 Å². The normalized spacial score (nSPS) is 11.2. The van der Waals surface area contributed by atoms with Crippen molar-refractivity contribution in [3.63, 3.8) is 0 Å². The van der Waals surface area contributed by atoms with E-state index in [0.29, 0.717) is 28.5 Å². The fourth-order valence-electron chi connectivity index (χ4n) is 2.81. The van der Waals surface area contributed by atoms with E-state index in [4.69, 9.17) is 14.8 Å². The maximum Gasteiger partial charge on any atom is 0.294 e. The predicted octanol–water partition coefficient (Wildman–Crippen LogP) is 3.89. The number of amides is 2. The van der Waals surface area contributed by atoms with Gasteiger partial charge >= 0.3 is 0 Å². The third kappa shape index (κ3) is 4.70. The van der Waals surface area contributed by atoms with Crippen LogP contribution in [0.5, 0.6) is 0 Å². The minimum absolute atomic E-state index is 0.0959. The smallest absolute Gasteiger partial charge is 0.294 e. The van der Waals surface area contributed by atoms with Crippen molar-refractivity contribution >= 4 is 40.3 Å². The first kappa shape index (κ1) is 20.5. The Morgan fingerprint density at radius 1 is 0.844 bits per heavy atom. The number of carbonyl (C=O) groups is 2. The molecule has 0 bridgehead atoms. The zero-order chi connectivity index (χ0) is 22.5. The predicted molar refractivity (Wildman–Crippen MR) is 118 cm³/mol. The molecule has 4 aromatic rings. The summed E-state index contributed by atoms with van der Waals surface area (Å²) in [7, 11) is 0. The summed E-state index contributed by atoms with van der Waals surface area (Å²) in [5, 5.41) is 12.5. The molecule has 0 aliphatic carbocycles. The Labute approximate surface area is 182 Å². The lowest BCUT2D eigenvalue weighted by Gasteiger charge is -2.08. The number of hydrogen-bond acceptors (Lipinski definition) is 8. The van der Waals surface area contributed by atoms with Gasteiger partial charge < -0.3 is 25.4 Å². The second-order valence-electron chi connectivity index (χ2n) is 6.71. The molecule has 32 heavy (non-hydrogen) atoms. The summed E-state index contributed by atoms with van der Waals surface area (Å²) in [6, 6.07) is 15.1. The third-order valence-corrected chi connectivity index (χ3v) is 4.46. The SMILES string of the molecule is CC(=Nc1cc(NC(=O)c2ccno2)ccc1N)c1ccc(NC(=O)c2ccno2)cc1. The Balaban J connectivity index is 1.48. The number of rotatable bonds is 6. The Kier molecular flexibility index (Phi) is 5.75. The lowest BCUT2D eigenvalue weighted by atomic mass is 10.1. The van der Waals surface area contributed by atoms with Gasteiger partial charge in [-0.15, -0.1) is 0 Å². The van der Waals surface area contributed by atoms with Crippen LogP contribution >= 0.6 is 0 Å². The zero-order valence-electron chi connectivity index (χ0n) is 16.9. The van der Waals surface area contributed by atoms with Crippen LogP contribution in [0.3, 0.4) is 0 Å². The van der Waals surface area contributed by atoms with Crippen LogP contribution in [-0.4, -0.2) is 27.8 Å². The van der Waals surface area contributed by atoms with Crippen LogP contribution in [0.4, 0.5) is 22.7 Å². The van der Waals surface area contributed by atoms with E-state index in [1.165, 1.54) is 24.5 Å². The highest BCUT2D eigenvalue weighted by atomic mass is 16.5. The van der Waals surface area contributed by atoms with Gasteiger partial charge in [0.05, 0.1) is 23.8 Å². The summed E-state index contributed by atoms with van der Waals surface area (Å²) >= 11 is 0. The minimum Gasteiger partial charge on any atom is -0.397 e. The van der Waals surface area contributed by atoms with Gasteiger partial charge in [0, 0.05) is 29.2 Å². The Hall–Kier alpha value is -4.73. The fourth-order valence-corrected chi connectivity index (χ4v) is 2.81. The molecule has 2 amide bonds. The monoisotopic (exact) mass is 430 g/mol. The van der Waals surface area contributed by atoms with Gasteiger partial charge in [0.25, 0.3) is 11.8 Å². The molecule has 0 saturated carbocycles. The van der Waals surface area contributed by atoms with E-state index in [0.717, 1.165) is 5.56 Å². The highest BCUT2D eigenvalue weighted by Gasteiger charge is 2.12. The van der Waals surface area contributed by atoms with Crippen LogP contribution < -0.4 is 16.4 Å². The van der Waals surface area contributed by atoms with Gasteiger partial charge in [-0.1, -0.05) is 22.4 Å². The van der Waals surface area contributed by atoms with Crippen LogP contribution in [0.1, 0.15) is 33.6 Å². The summed E-state index contributed by atoms with van der Waals surface area (Å²) in [5.41, 5.74) is 9.65. The number of nitrogens with zero attached hydrogens (tertiary/aromatic N) is 3. The van der Waals surface area contributed by atoms with Gasteiger partial charge in [0.2, 0.25) is 11.5 Å². The standard InChI is InChI=1S/C22H18N6O4/c1-13(14-2-4-15(5-3-14)27-21(29)19-8-10-24-31-19)26-18-12-16(6-7-17(18)23)28-22(30)20-9-11-25-32-20/h2-12H,23H2,1H3,(H,27,29)(H,28,30). The Morgan fingerprint density at radius 3 is 1.97 bits per heavy atom. The number of hydrogen-bond donors (Lipinski definition) is 3. The molecule has 0 radical (unpaired) electrons. The van der Waals surface area contributed by atoms with E-state index >= 15 is 0 Å². The molecular weight excluding hydrogens is 412 g/mol. The number of carbonyl (C=O) groups excluding carboxylic acids is 2. The number of aliphatic imine (C=N–C) groups is 1. The van der Waals surface area contributed by atoms with Crippen molar-refractivity contribution in [3.05, 3.63) is 84.1 Å². The van der Waals surface area contributed by atoms with Gasteiger partial charge in [-0.3, -0.25) is 14.6 Å². The molecule has 0 saturated heterocycles. The highest BCUT2D eigenvalue weighted by molar-refractivity contribution is 6.04. The summed E-state index contributed by atoms with van der Waals surface area (Å²) in [6.45, 7) is 1.83. The van der Waals surface area contributed by atoms with E-state index in [9.17, 15) is 9.59 Å². The van der Waals surface area contributed by atoms with Crippen LogP contribution in [0.15, 0.2) is 81.0 Å². The number of nitrogens with two attached hydrogens (primary N) is 1. The Bertz CT molecular complexity index is 1260. The second kappa shape index (κ2) is 8.96. The maximum absolute atomic E-state index is 12.1. The van der Waals surface area contributed by atoms with Crippen LogP contribution in [0.25, 0.3) is 0 Å². The quantitative estimate of drug-likeness (QED) is 0.310. The molecule has 0 spiro atoms. The number of nitrogen functional groups attached to an aromatic ring is 1. The van der Waals surface area contributed by atoms with Crippen LogP contribution in [0, 0.1) is 0 Å². The lowest BCUT2D eigenvalue weighted by Crippen LogP contribution is -2.11. The fraction of sp³-hybridized carbons (Fsp3) is 0.0455. The highest BCUT2D eigenvalue weighted by Crippen LogP contribution is 2.27. The summed E-state index contributed by atoms with van der Waals surface area (Å²) < 4.78 is 9.68. The van der Waals surface area contributed by atoms with E-state index in [1.807, 2.05) is 19.1 Å². The summed E-state index contributed by atoms with van der Waals surface area (Å²) in [6.07, 6.45) is 2.79. The first-order valence-corrected chi connectivity index (χ1v) is 9.49. The number of nitrogens with one attached hydrogen (secondary N) is 2. The molecule has 10 heteroatoms. The molecule has 10 nitrogen and oxygen atoms in total. The van der Waals surface area contributed by atoms with Crippen molar-refractivity contribution in [1.29, 1.82) is 0 Å². The van der Waals surface area contributed by atoms with E-state index in [2.05, 4.69) is 25.9 Å². The van der Waals surface area contributed by atoms with Crippen molar-refractivity contribution in [2.45, 2.75) is 6.92 Å². The second-order valence-corrected chi connectivity index (χ2v) is 6.71. The number of aromatic nitrogens is 2. The van der Waals surface area contributed by atoms with Gasteiger partial charge in [-0.25, -0.2) is 0 Å². The van der Waals surface area contributed by atoms with Gasteiger partial charge in [-0.05, 0) is 42.8 Å². The van der Waals surface area contributed by atoms with E-state index < -0.39 is 11.8 Å². The first-order valence-electron chi connectivity index (χ1n) is 9.49. The van der Waals surface area contributed by atoms with Crippen LogP contribution in [-0.2, 0) is 0 Å². The van der Waals surface area contributed by atoms with Crippen molar-refractivity contribution in [3.8, 4) is 0 Å².